The minimum absolute atomic E-state index is 0.697. The lowest BCUT2D eigenvalue weighted by Gasteiger charge is -2.02. The van der Waals surface area contributed by atoms with Gasteiger partial charge < -0.3 is 9.73 Å². The van der Waals surface area contributed by atoms with Crippen molar-refractivity contribution in [3.63, 3.8) is 0 Å². The fourth-order valence-corrected chi connectivity index (χ4v) is 1.62. The van der Waals surface area contributed by atoms with E-state index in [1.165, 1.54) is 0 Å². The second-order valence-corrected chi connectivity index (χ2v) is 3.77. The van der Waals surface area contributed by atoms with Crippen molar-refractivity contribution in [2.45, 2.75) is 6.92 Å². The average Bonchev–Trinajstić information content (AvgIpc) is 2.65. The molecule has 0 saturated heterocycles. The molecule has 2 heterocycles. The number of nitrogens with one attached hydrogen (secondary N) is 1. The summed E-state index contributed by atoms with van der Waals surface area (Å²) in [4.78, 5) is 8.46. The predicted molar refractivity (Wildman–Crippen MR) is 61.6 cm³/mol. The van der Waals surface area contributed by atoms with Gasteiger partial charge in [-0.2, -0.15) is 0 Å². The van der Waals surface area contributed by atoms with Crippen LogP contribution in [0.1, 0.15) is 6.92 Å². The quantitative estimate of drug-likeness (QED) is 0.929. The highest BCUT2D eigenvalue weighted by Crippen LogP contribution is 2.27. The highest BCUT2D eigenvalue weighted by atomic mass is 79.9. The van der Waals surface area contributed by atoms with Gasteiger partial charge in [-0.3, -0.25) is 4.98 Å². The first-order valence-electron chi connectivity index (χ1n) is 4.60. The van der Waals surface area contributed by atoms with Crippen molar-refractivity contribution in [1.29, 1.82) is 0 Å². The van der Waals surface area contributed by atoms with Gasteiger partial charge in [0.2, 0.25) is 0 Å². The van der Waals surface area contributed by atoms with Crippen molar-refractivity contribution < 1.29 is 4.42 Å². The van der Waals surface area contributed by atoms with E-state index in [9.17, 15) is 0 Å². The van der Waals surface area contributed by atoms with Crippen molar-refractivity contribution in [2.75, 3.05) is 11.9 Å². The Bertz CT molecular complexity index is 455. The molecule has 2 rings (SSSR count). The second-order valence-electron chi connectivity index (χ2n) is 2.92. The molecule has 0 aliphatic rings. The number of hydrogen-bond acceptors (Lipinski definition) is 4. The zero-order valence-corrected chi connectivity index (χ0v) is 9.78. The summed E-state index contributed by atoms with van der Waals surface area (Å²) in [5.74, 6) is 1.44. The van der Waals surface area contributed by atoms with E-state index >= 15 is 0 Å². The molecule has 0 radical (unpaired) electrons. The largest absolute Gasteiger partial charge is 0.461 e. The minimum Gasteiger partial charge on any atom is -0.461 e. The molecule has 0 amide bonds. The number of nitrogens with zero attached hydrogens (tertiary/aromatic N) is 2. The molecular weight excluding hydrogens is 258 g/mol. The summed E-state index contributed by atoms with van der Waals surface area (Å²) in [6.07, 6.45) is 4.97. The molecule has 0 aromatic carbocycles. The smallest absolute Gasteiger partial charge is 0.168 e. The third kappa shape index (κ3) is 2.18. The summed E-state index contributed by atoms with van der Waals surface area (Å²) >= 11 is 3.38. The Morgan fingerprint density at radius 1 is 1.47 bits per heavy atom. The first-order chi connectivity index (χ1) is 7.31. The number of aromatic nitrogens is 2. The van der Waals surface area contributed by atoms with Gasteiger partial charge in [-0.15, -0.1) is 0 Å². The van der Waals surface area contributed by atoms with Crippen LogP contribution in [-0.4, -0.2) is 16.5 Å². The highest BCUT2D eigenvalue weighted by molar-refractivity contribution is 9.10. The Balaban J connectivity index is 2.37. The number of furan rings is 1. The van der Waals surface area contributed by atoms with E-state index in [1.54, 1.807) is 18.7 Å². The van der Waals surface area contributed by atoms with E-state index in [0.29, 0.717) is 11.5 Å². The van der Waals surface area contributed by atoms with E-state index in [0.717, 1.165) is 16.8 Å². The lowest BCUT2D eigenvalue weighted by Crippen LogP contribution is -2.00. The van der Waals surface area contributed by atoms with Crippen LogP contribution in [0.5, 0.6) is 0 Å². The maximum Gasteiger partial charge on any atom is 0.168 e. The Morgan fingerprint density at radius 2 is 2.33 bits per heavy atom. The van der Waals surface area contributed by atoms with Gasteiger partial charge in [0.05, 0.1) is 23.1 Å². The molecule has 0 atom stereocenters. The van der Waals surface area contributed by atoms with E-state index < -0.39 is 0 Å². The van der Waals surface area contributed by atoms with Gasteiger partial charge in [-0.1, -0.05) is 0 Å². The molecule has 2 aromatic heterocycles. The molecule has 0 spiro atoms. The van der Waals surface area contributed by atoms with Crippen LogP contribution in [0.2, 0.25) is 0 Å². The summed E-state index contributed by atoms with van der Waals surface area (Å²) in [5.41, 5.74) is 0.713. The zero-order valence-electron chi connectivity index (χ0n) is 8.20. The monoisotopic (exact) mass is 267 g/mol. The molecular formula is C10H10BrN3O. The lowest BCUT2D eigenvalue weighted by atomic mass is 10.3. The molecule has 2 aromatic rings. The summed E-state index contributed by atoms with van der Waals surface area (Å²) in [6, 6.07) is 1.83. The first-order valence-corrected chi connectivity index (χ1v) is 5.40. The third-order valence-corrected chi connectivity index (χ3v) is 2.47. The SMILES string of the molecule is CCNc1cncc(-c2occc2Br)n1. The van der Waals surface area contributed by atoms with Gasteiger partial charge >= 0.3 is 0 Å². The lowest BCUT2D eigenvalue weighted by molar-refractivity contribution is 0.578. The topological polar surface area (TPSA) is 51.0 Å². The minimum atomic E-state index is 0.697. The second kappa shape index (κ2) is 4.44. The van der Waals surface area contributed by atoms with Crippen LogP contribution in [0, 0.1) is 0 Å². The Labute approximate surface area is 95.9 Å². The molecule has 5 heteroatoms. The molecule has 0 aliphatic heterocycles. The van der Waals surface area contributed by atoms with E-state index in [-0.39, 0.29) is 0 Å². The number of anilines is 1. The normalized spacial score (nSPS) is 10.3. The van der Waals surface area contributed by atoms with Gasteiger partial charge in [0.15, 0.2) is 5.76 Å². The van der Waals surface area contributed by atoms with Gasteiger partial charge in [-0.05, 0) is 28.9 Å². The van der Waals surface area contributed by atoms with E-state index in [2.05, 4.69) is 31.2 Å². The van der Waals surface area contributed by atoms with Crippen LogP contribution in [0.25, 0.3) is 11.5 Å². The van der Waals surface area contributed by atoms with Gasteiger partial charge in [0.25, 0.3) is 0 Å². The molecule has 78 valence electrons. The van der Waals surface area contributed by atoms with Crippen LogP contribution in [0.3, 0.4) is 0 Å². The van der Waals surface area contributed by atoms with Crippen LogP contribution in [0.15, 0.2) is 33.6 Å². The van der Waals surface area contributed by atoms with Crippen molar-refractivity contribution in [2.24, 2.45) is 0 Å². The Hall–Kier alpha value is -1.36. The summed E-state index contributed by atoms with van der Waals surface area (Å²) in [5, 5.41) is 3.10. The van der Waals surface area contributed by atoms with Gasteiger partial charge in [-0.25, -0.2) is 4.98 Å². The molecule has 15 heavy (non-hydrogen) atoms. The van der Waals surface area contributed by atoms with E-state index in [1.807, 2.05) is 13.0 Å². The standard InChI is InChI=1S/C10H10BrN3O/c1-2-13-9-6-12-5-8(14-9)10-7(11)3-4-15-10/h3-6H,2H2,1H3,(H,13,14). The molecule has 0 fully saturated rings. The predicted octanol–water partition coefficient (Wildman–Crippen LogP) is 2.93. The molecule has 0 bridgehead atoms. The summed E-state index contributed by atoms with van der Waals surface area (Å²) in [6.45, 7) is 2.83. The number of rotatable bonds is 3. The average molecular weight is 268 g/mol. The van der Waals surface area contributed by atoms with Crippen molar-refractivity contribution in [1.82, 2.24) is 9.97 Å². The number of hydrogen-bond donors (Lipinski definition) is 1. The highest BCUT2D eigenvalue weighted by Gasteiger charge is 2.08. The number of halogens is 1. The third-order valence-electron chi connectivity index (χ3n) is 1.84. The molecule has 1 N–H and O–H groups in total. The Kier molecular flexibility index (Phi) is 3.01. The van der Waals surface area contributed by atoms with Crippen LogP contribution in [-0.2, 0) is 0 Å². The molecule has 0 unspecified atom stereocenters. The molecule has 4 nitrogen and oxygen atoms in total. The van der Waals surface area contributed by atoms with E-state index in [4.69, 9.17) is 4.42 Å². The van der Waals surface area contributed by atoms with Crippen LogP contribution < -0.4 is 5.32 Å². The maximum atomic E-state index is 5.31. The zero-order chi connectivity index (χ0) is 10.7. The van der Waals surface area contributed by atoms with Crippen molar-refractivity contribution in [3.8, 4) is 11.5 Å². The van der Waals surface area contributed by atoms with Crippen LogP contribution >= 0.6 is 15.9 Å². The maximum absolute atomic E-state index is 5.31. The van der Waals surface area contributed by atoms with Crippen molar-refractivity contribution in [3.05, 3.63) is 29.2 Å². The fourth-order valence-electron chi connectivity index (χ4n) is 1.22. The first kappa shape index (κ1) is 10.2. The van der Waals surface area contributed by atoms with Crippen molar-refractivity contribution >= 4 is 21.7 Å². The van der Waals surface area contributed by atoms with Crippen LogP contribution in [0.4, 0.5) is 5.82 Å². The van der Waals surface area contributed by atoms with Gasteiger partial charge in [0.1, 0.15) is 11.5 Å². The Morgan fingerprint density at radius 3 is 3.00 bits per heavy atom. The molecule has 0 aliphatic carbocycles. The summed E-state index contributed by atoms with van der Waals surface area (Å²) in [7, 11) is 0. The molecule has 0 saturated carbocycles. The summed E-state index contributed by atoms with van der Waals surface area (Å²) < 4.78 is 6.19. The fraction of sp³-hybridized carbons (Fsp3) is 0.200. The van der Waals surface area contributed by atoms with Gasteiger partial charge in [0, 0.05) is 6.54 Å².